The third-order valence-electron chi connectivity index (χ3n) is 4.47. The van der Waals surface area contributed by atoms with Gasteiger partial charge in [-0.2, -0.15) is 4.98 Å². The number of benzene rings is 1. The maximum atomic E-state index is 13.3. The smallest absolute Gasteiger partial charge is 0.269 e. The van der Waals surface area contributed by atoms with Crippen LogP contribution >= 0.6 is 24.0 Å². The first-order chi connectivity index (χ1) is 14.5. The molecule has 2 aromatic heterocycles. The summed E-state index contributed by atoms with van der Waals surface area (Å²) >= 11 is 6.43. The number of hydrogen-bond acceptors (Lipinski definition) is 6. The Labute approximate surface area is 182 Å². The second-order valence-electron chi connectivity index (χ2n) is 6.52. The molecule has 0 radical (unpaired) electrons. The highest BCUT2D eigenvalue weighted by Crippen LogP contribution is 2.34. The lowest BCUT2D eigenvalue weighted by Crippen LogP contribution is -2.28. The van der Waals surface area contributed by atoms with Gasteiger partial charge < -0.3 is 4.74 Å². The summed E-state index contributed by atoms with van der Waals surface area (Å²) in [4.78, 5) is 32.4. The maximum Gasteiger partial charge on any atom is 0.269 e. The molecule has 1 aromatic carbocycles. The first kappa shape index (κ1) is 20.1. The minimum atomic E-state index is -0.330. The number of carbonyl (C=O) groups excluding carboxylic acids is 1. The minimum absolute atomic E-state index is 0.134. The number of rotatable bonds is 5. The van der Waals surface area contributed by atoms with Gasteiger partial charge in [0.05, 0.1) is 4.91 Å². The van der Waals surface area contributed by atoms with Crippen molar-refractivity contribution in [3.8, 4) is 11.6 Å². The molecule has 3 heterocycles. The number of carbonyl (C=O) groups is 1. The summed E-state index contributed by atoms with van der Waals surface area (Å²) in [7, 11) is 0. The fourth-order valence-electron chi connectivity index (χ4n) is 3.01. The van der Waals surface area contributed by atoms with Gasteiger partial charge in [-0.05, 0) is 36.8 Å². The van der Waals surface area contributed by atoms with Crippen LogP contribution in [0.15, 0.2) is 71.0 Å². The van der Waals surface area contributed by atoms with Crippen molar-refractivity contribution in [2.75, 3.05) is 6.54 Å². The van der Waals surface area contributed by atoms with Crippen LogP contribution in [0.2, 0.25) is 0 Å². The van der Waals surface area contributed by atoms with Crippen LogP contribution in [-0.2, 0) is 4.79 Å². The summed E-state index contributed by atoms with van der Waals surface area (Å²) in [6.07, 6.45) is 4.75. The molecular formula is C22H17N3O3S2. The second kappa shape index (κ2) is 8.25. The number of fused-ring (bicyclic) bond motifs is 1. The van der Waals surface area contributed by atoms with Gasteiger partial charge in [0.15, 0.2) is 0 Å². The van der Waals surface area contributed by atoms with Crippen molar-refractivity contribution in [2.45, 2.75) is 6.92 Å². The van der Waals surface area contributed by atoms with Crippen LogP contribution in [0.1, 0.15) is 11.1 Å². The molecule has 0 unspecified atom stereocenters. The van der Waals surface area contributed by atoms with Crippen LogP contribution in [0.4, 0.5) is 0 Å². The molecule has 1 aliphatic rings. The van der Waals surface area contributed by atoms with Crippen molar-refractivity contribution in [1.82, 2.24) is 14.3 Å². The molecule has 3 aromatic rings. The van der Waals surface area contributed by atoms with Gasteiger partial charge in [0.1, 0.15) is 21.3 Å². The van der Waals surface area contributed by atoms with E-state index in [-0.39, 0.29) is 22.9 Å². The molecular weight excluding hydrogens is 418 g/mol. The predicted molar refractivity (Wildman–Crippen MR) is 123 cm³/mol. The normalized spacial score (nSPS) is 15.2. The van der Waals surface area contributed by atoms with Gasteiger partial charge in [0.25, 0.3) is 11.5 Å². The first-order valence-corrected chi connectivity index (χ1v) is 10.3. The number of para-hydroxylation sites is 1. The molecule has 1 saturated heterocycles. The molecule has 0 atom stereocenters. The molecule has 1 amide bonds. The standard InChI is InChI=1S/C22H17N3O3S2/c1-3-11-25-21(27)17(30-22(25)29)13-16-19(28-15-9-5-4-6-10-15)23-18-14(2)8-7-12-24(18)20(16)26/h3-10,12-13H,1,11H2,2H3/b17-13-. The highest BCUT2D eigenvalue weighted by Gasteiger charge is 2.32. The molecule has 0 N–H and O–H groups in total. The van der Waals surface area contributed by atoms with E-state index in [9.17, 15) is 9.59 Å². The lowest BCUT2D eigenvalue weighted by atomic mass is 10.2. The Balaban J connectivity index is 1.89. The number of thioether (sulfide) groups is 1. The van der Waals surface area contributed by atoms with Crippen LogP contribution in [0, 0.1) is 6.92 Å². The highest BCUT2D eigenvalue weighted by molar-refractivity contribution is 8.26. The molecule has 4 rings (SSSR count). The van der Waals surface area contributed by atoms with E-state index in [4.69, 9.17) is 17.0 Å². The average molecular weight is 436 g/mol. The molecule has 6 nitrogen and oxygen atoms in total. The van der Waals surface area contributed by atoms with Crippen molar-refractivity contribution >= 4 is 45.9 Å². The Morgan fingerprint density at radius 2 is 1.97 bits per heavy atom. The Hall–Kier alpha value is -3.23. The largest absolute Gasteiger partial charge is 0.438 e. The summed E-state index contributed by atoms with van der Waals surface area (Å²) in [5.74, 6) is 0.398. The van der Waals surface area contributed by atoms with Crippen molar-refractivity contribution < 1.29 is 9.53 Å². The first-order valence-electron chi connectivity index (χ1n) is 9.10. The topological polar surface area (TPSA) is 63.9 Å². The molecule has 1 aliphatic heterocycles. The number of aryl methyl sites for hydroxylation is 1. The monoisotopic (exact) mass is 435 g/mol. The Morgan fingerprint density at radius 3 is 2.70 bits per heavy atom. The van der Waals surface area contributed by atoms with Crippen molar-refractivity contribution in [3.63, 3.8) is 0 Å². The van der Waals surface area contributed by atoms with Gasteiger partial charge in [-0.15, -0.1) is 6.58 Å². The van der Waals surface area contributed by atoms with Crippen molar-refractivity contribution in [2.24, 2.45) is 0 Å². The van der Waals surface area contributed by atoms with Gasteiger partial charge in [0, 0.05) is 12.7 Å². The third kappa shape index (κ3) is 3.67. The Morgan fingerprint density at radius 1 is 1.20 bits per heavy atom. The summed E-state index contributed by atoms with van der Waals surface area (Å²) in [6.45, 7) is 5.83. The van der Waals surface area contributed by atoms with E-state index in [2.05, 4.69) is 11.6 Å². The summed E-state index contributed by atoms with van der Waals surface area (Å²) in [5.41, 5.74) is 1.17. The number of thiocarbonyl (C=S) groups is 1. The van der Waals surface area contributed by atoms with E-state index >= 15 is 0 Å². The van der Waals surface area contributed by atoms with E-state index in [0.717, 1.165) is 17.3 Å². The van der Waals surface area contributed by atoms with Crippen molar-refractivity contribution in [1.29, 1.82) is 0 Å². The summed E-state index contributed by atoms with van der Waals surface area (Å²) in [6, 6.07) is 12.7. The lowest BCUT2D eigenvalue weighted by Gasteiger charge is -2.12. The lowest BCUT2D eigenvalue weighted by molar-refractivity contribution is -0.121. The van der Waals surface area contributed by atoms with E-state index < -0.39 is 0 Å². The van der Waals surface area contributed by atoms with Gasteiger partial charge in [0.2, 0.25) is 5.88 Å². The van der Waals surface area contributed by atoms with Gasteiger partial charge in [-0.1, -0.05) is 54.3 Å². The fraction of sp³-hybridized carbons (Fsp3) is 0.0909. The number of nitrogens with zero attached hydrogens (tertiary/aromatic N) is 3. The predicted octanol–water partition coefficient (Wildman–Crippen LogP) is 4.18. The molecule has 0 saturated carbocycles. The molecule has 0 bridgehead atoms. The van der Waals surface area contributed by atoms with Crippen LogP contribution in [-0.4, -0.2) is 31.1 Å². The molecule has 30 heavy (non-hydrogen) atoms. The second-order valence-corrected chi connectivity index (χ2v) is 8.19. The van der Waals surface area contributed by atoms with Crippen molar-refractivity contribution in [3.05, 3.63) is 87.7 Å². The zero-order valence-electron chi connectivity index (χ0n) is 16.1. The zero-order valence-corrected chi connectivity index (χ0v) is 17.7. The molecule has 0 aliphatic carbocycles. The SMILES string of the molecule is C=CCN1C(=O)/C(=C/c2c(Oc3ccccc3)nc3c(C)cccn3c2=O)SC1=S. The van der Waals surface area contributed by atoms with Crippen LogP contribution in [0.25, 0.3) is 11.7 Å². The summed E-state index contributed by atoms with van der Waals surface area (Å²) < 4.78 is 7.81. The van der Waals surface area contributed by atoms with Crippen LogP contribution in [0.5, 0.6) is 11.6 Å². The van der Waals surface area contributed by atoms with E-state index in [1.54, 1.807) is 30.5 Å². The Bertz CT molecular complexity index is 1270. The minimum Gasteiger partial charge on any atom is -0.438 e. The summed E-state index contributed by atoms with van der Waals surface area (Å²) in [5, 5.41) is 0. The van der Waals surface area contributed by atoms with Gasteiger partial charge in [-0.3, -0.25) is 18.9 Å². The number of ether oxygens (including phenoxy) is 1. The number of amides is 1. The average Bonchev–Trinajstić information content (AvgIpc) is 3.00. The number of aromatic nitrogens is 2. The Kier molecular flexibility index (Phi) is 5.52. The maximum absolute atomic E-state index is 13.3. The van der Waals surface area contributed by atoms with Crippen LogP contribution < -0.4 is 10.3 Å². The molecule has 150 valence electrons. The molecule has 0 spiro atoms. The molecule has 8 heteroatoms. The third-order valence-corrected chi connectivity index (χ3v) is 5.85. The fourth-order valence-corrected chi connectivity index (χ4v) is 4.27. The number of hydrogen-bond donors (Lipinski definition) is 0. The molecule has 1 fully saturated rings. The van der Waals surface area contributed by atoms with E-state index in [1.807, 2.05) is 31.2 Å². The number of pyridine rings is 1. The zero-order chi connectivity index (χ0) is 21.3. The van der Waals surface area contributed by atoms with Crippen LogP contribution in [0.3, 0.4) is 0 Å². The van der Waals surface area contributed by atoms with E-state index in [0.29, 0.717) is 27.2 Å². The quantitative estimate of drug-likeness (QED) is 0.340. The van der Waals surface area contributed by atoms with Gasteiger partial charge >= 0.3 is 0 Å². The van der Waals surface area contributed by atoms with E-state index in [1.165, 1.54) is 15.4 Å². The van der Waals surface area contributed by atoms with Gasteiger partial charge in [-0.25, -0.2) is 0 Å². The highest BCUT2D eigenvalue weighted by atomic mass is 32.2.